The molecule has 0 saturated carbocycles. The molecule has 0 saturated heterocycles. The third kappa shape index (κ3) is 5.26. The van der Waals surface area contributed by atoms with Gasteiger partial charge < -0.3 is 14.6 Å². The average Bonchev–Trinajstić information content (AvgIpc) is 2.45. The summed E-state index contributed by atoms with van der Waals surface area (Å²) in [6.07, 6.45) is -4.64. The van der Waals surface area contributed by atoms with Gasteiger partial charge in [0.15, 0.2) is 0 Å². The molecule has 6 heteroatoms. The van der Waals surface area contributed by atoms with E-state index in [0.29, 0.717) is 18.3 Å². The van der Waals surface area contributed by atoms with Gasteiger partial charge in [0.05, 0.1) is 19.3 Å². The number of ether oxygens (including phenoxy) is 2. The SMILES string of the molecule is CCOC(=O)C(C(F)F)C(O)c1ccc(OCC(C)C)cc1. The van der Waals surface area contributed by atoms with Crippen molar-refractivity contribution in [2.45, 2.75) is 33.3 Å². The van der Waals surface area contributed by atoms with Gasteiger partial charge in [-0.05, 0) is 30.5 Å². The van der Waals surface area contributed by atoms with Gasteiger partial charge in [0, 0.05) is 0 Å². The first-order valence-electron chi connectivity index (χ1n) is 7.22. The van der Waals surface area contributed by atoms with Crippen LogP contribution in [0.1, 0.15) is 32.4 Å². The molecule has 1 aromatic carbocycles. The minimum Gasteiger partial charge on any atom is -0.493 e. The summed E-state index contributed by atoms with van der Waals surface area (Å²) in [7, 11) is 0. The summed E-state index contributed by atoms with van der Waals surface area (Å²) in [5.41, 5.74) is 0.218. The van der Waals surface area contributed by atoms with Crippen molar-refractivity contribution in [3.05, 3.63) is 29.8 Å². The summed E-state index contributed by atoms with van der Waals surface area (Å²) in [4.78, 5) is 11.6. The van der Waals surface area contributed by atoms with Gasteiger partial charge in [-0.3, -0.25) is 4.79 Å². The molecule has 0 aromatic heterocycles. The third-order valence-corrected chi connectivity index (χ3v) is 2.98. The van der Waals surface area contributed by atoms with Gasteiger partial charge in [0.1, 0.15) is 11.7 Å². The van der Waals surface area contributed by atoms with Crippen LogP contribution in [-0.2, 0) is 9.53 Å². The fourth-order valence-electron chi connectivity index (χ4n) is 1.84. The maximum Gasteiger partial charge on any atom is 0.317 e. The molecule has 0 spiro atoms. The Morgan fingerprint density at radius 1 is 1.23 bits per heavy atom. The predicted octanol–water partition coefficient (Wildman–Crippen LogP) is 3.20. The number of halogens is 2. The molecule has 0 aliphatic carbocycles. The summed E-state index contributed by atoms with van der Waals surface area (Å²) in [5, 5.41) is 10.0. The van der Waals surface area contributed by atoms with Crippen molar-refractivity contribution in [2.24, 2.45) is 11.8 Å². The van der Waals surface area contributed by atoms with E-state index in [9.17, 15) is 18.7 Å². The van der Waals surface area contributed by atoms with Crippen molar-refractivity contribution in [1.29, 1.82) is 0 Å². The highest BCUT2D eigenvalue weighted by Crippen LogP contribution is 2.29. The van der Waals surface area contributed by atoms with Gasteiger partial charge >= 0.3 is 5.97 Å². The van der Waals surface area contributed by atoms with E-state index in [0.717, 1.165) is 0 Å². The number of alkyl halides is 2. The topological polar surface area (TPSA) is 55.8 Å². The Bertz CT molecular complexity index is 460. The lowest BCUT2D eigenvalue weighted by atomic mass is 9.96. The Hall–Kier alpha value is -1.69. The van der Waals surface area contributed by atoms with Gasteiger partial charge in [0.25, 0.3) is 6.43 Å². The minimum atomic E-state index is -3.01. The van der Waals surface area contributed by atoms with Crippen LogP contribution in [0.2, 0.25) is 0 Å². The fourth-order valence-corrected chi connectivity index (χ4v) is 1.84. The van der Waals surface area contributed by atoms with Crippen LogP contribution in [0.4, 0.5) is 8.78 Å². The molecule has 1 N–H and O–H groups in total. The zero-order valence-electron chi connectivity index (χ0n) is 13.0. The molecule has 0 aliphatic heterocycles. The van der Waals surface area contributed by atoms with Gasteiger partial charge in [-0.1, -0.05) is 26.0 Å². The van der Waals surface area contributed by atoms with Gasteiger partial charge in [-0.15, -0.1) is 0 Å². The first-order chi connectivity index (χ1) is 10.4. The van der Waals surface area contributed by atoms with E-state index in [-0.39, 0.29) is 12.2 Å². The Morgan fingerprint density at radius 2 is 1.82 bits per heavy atom. The quantitative estimate of drug-likeness (QED) is 0.748. The second-order valence-corrected chi connectivity index (χ2v) is 5.33. The summed E-state index contributed by atoms with van der Waals surface area (Å²) in [5.74, 6) is -2.07. The largest absolute Gasteiger partial charge is 0.493 e. The lowest BCUT2D eigenvalue weighted by molar-refractivity contribution is -0.160. The molecule has 0 fully saturated rings. The average molecular weight is 316 g/mol. The second kappa shape index (κ2) is 8.68. The molecule has 0 amide bonds. The Morgan fingerprint density at radius 3 is 2.27 bits per heavy atom. The van der Waals surface area contributed by atoms with E-state index < -0.39 is 24.4 Å². The van der Waals surface area contributed by atoms with Crippen molar-refractivity contribution >= 4 is 5.97 Å². The lowest BCUT2D eigenvalue weighted by Gasteiger charge is -2.21. The maximum absolute atomic E-state index is 13.0. The second-order valence-electron chi connectivity index (χ2n) is 5.33. The molecular weight excluding hydrogens is 294 g/mol. The summed E-state index contributed by atoms with van der Waals surface area (Å²) in [6.45, 7) is 6.05. The highest BCUT2D eigenvalue weighted by atomic mass is 19.3. The molecule has 124 valence electrons. The minimum absolute atomic E-state index is 0.0171. The summed E-state index contributed by atoms with van der Waals surface area (Å²) >= 11 is 0. The normalized spacial score (nSPS) is 14.0. The van der Waals surface area contributed by atoms with Crippen LogP contribution in [0.5, 0.6) is 5.75 Å². The molecule has 4 nitrogen and oxygen atoms in total. The van der Waals surface area contributed by atoms with Gasteiger partial charge in [-0.2, -0.15) is 0 Å². The number of carbonyl (C=O) groups excluding carboxylic acids is 1. The van der Waals surface area contributed by atoms with Gasteiger partial charge in [0.2, 0.25) is 0 Å². The summed E-state index contributed by atoms with van der Waals surface area (Å²) in [6, 6.07) is 6.09. The third-order valence-electron chi connectivity index (χ3n) is 2.98. The first kappa shape index (κ1) is 18.4. The number of benzene rings is 1. The molecule has 0 aliphatic rings. The van der Waals surface area contributed by atoms with Crippen molar-refractivity contribution in [1.82, 2.24) is 0 Å². The van der Waals surface area contributed by atoms with E-state index in [4.69, 9.17) is 4.74 Å². The van der Waals surface area contributed by atoms with E-state index >= 15 is 0 Å². The number of hydrogen-bond acceptors (Lipinski definition) is 4. The van der Waals surface area contributed by atoms with Crippen molar-refractivity contribution < 1.29 is 28.2 Å². The molecule has 0 bridgehead atoms. The van der Waals surface area contributed by atoms with E-state index in [1.807, 2.05) is 13.8 Å². The summed E-state index contributed by atoms with van der Waals surface area (Å²) < 4.78 is 36.1. The molecule has 1 aromatic rings. The fraction of sp³-hybridized carbons (Fsp3) is 0.562. The van der Waals surface area contributed by atoms with E-state index in [1.165, 1.54) is 19.1 Å². The molecular formula is C16H22F2O4. The molecule has 0 radical (unpaired) electrons. The predicted molar refractivity (Wildman–Crippen MR) is 77.9 cm³/mol. The first-order valence-corrected chi connectivity index (χ1v) is 7.22. The van der Waals surface area contributed by atoms with Crippen LogP contribution in [0, 0.1) is 11.8 Å². The highest BCUT2D eigenvalue weighted by molar-refractivity contribution is 5.74. The van der Waals surface area contributed by atoms with Gasteiger partial charge in [-0.25, -0.2) is 8.78 Å². The number of aliphatic hydroxyl groups excluding tert-OH is 1. The van der Waals surface area contributed by atoms with Crippen LogP contribution in [0.15, 0.2) is 24.3 Å². The number of aliphatic hydroxyl groups is 1. The van der Waals surface area contributed by atoms with Crippen molar-refractivity contribution in [3.63, 3.8) is 0 Å². The van der Waals surface area contributed by atoms with E-state index in [2.05, 4.69) is 4.74 Å². The highest BCUT2D eigenvalue weighted by Gasteiger charge is 2.37. The van der Waals surface area contributed by atoms with Crippen LogP contribution in [0.25, 0.3) is 0 Å². The van der Waals surface area contributed by atoms with Crippen molar-refractivity contribution in [2.75, 3.05) is 13.2 Å². The number of carbonyl (C=O) groups is 1. The maximum atomic E-state index is 13.0. The standard InChI is InChI=1S/C16H22F2O4/c1-4-21-16(20)13(15(17)18)14(19)11-5-7-12(8-6-11)22-9-10(2)3/h5-8,10,13-15,19H,4,9H2,1-3H3. The molecule has 2 unspecified atom stereocenters. The number of esters is 1. The zero-order chi connectivity index (χ0) is 16.7. The Kier molecular flexibility index (Phi) is 7.24. The van der Waals surface area contributed by atoms with Crippen molar-refractivity contribution in [3.8, 4) is 5.75 Å². The van der Waals surface area contributed by atoms with Crippen LogP contribution >= 0.6 is 0 Å². The Balaban J connectivity index is 2.81. The van der Waals surface area contributed by atoms with Crippen LogP contribution in [-0.4, -0.2) is 30.7 Å². The molecule has 2 atom stereocenters. The van der Waals surface area contributed by atoms with E-state index in [1.54, 1.807) is 12.1 Å². The molecule has 1 rings (SSSR count). The zero-order valence-corrected chi connectivity index (χ0v) is 13.0. The Labute approximate surface area is 129 Å². The van der Waals surface area contributed by atoms with Crippen LogP contribution in [0.3, 0.4) is 0 Å². The molecule has 22 heavy (non-hydrogen) atoms. The number of rotatable bonds is 8. The number of hydrogen-bond donors (Lipinski definition) is 1. The smallest absolute Gasteiger partial charge is 0.317 e. The lowest BCUT2D eigenvalue weighted by Crippen LogP contribution is -2.30. The molecule has 0 heterocycles. The monoisotopic (exact) mass is 316 g/mol. The van der Waals surface area contributed by atoms with Crippen LogP contribution < -0.4 is 4.74 Å².